The molecule has 0 unspecified atom stereocenters. The maximum atomic E-state index is 6.26. The van der Waals surface area contributed by atoms with Crippen molar-refractivity contribution in [2.24, 2.45) is 0 Å². The van der Waals surface area contributed by atoms with Gasteiger partial charge in [-0.3, -0.25) is 0 Å². The van der Waals surface area contributed by atoms with E-state index in [0.29, 0.717) is 11.6 Å². The van der Waals surface area contributed by atoms with Crippen molar-refractivity contribution in [3.8, 4) is 0 Å². The minimum absolute atomic E-state index is 0.710. The highest BCUT2D eigenvalue weighted by Crippen LogP contribution is 2.25. The fourth-order valence-corrected chi connectivity index (χ4v) is 2.99. The summed E-state index contributed by atoms with van der Waals surface area (Å²) in [4.78, 5) is 0. The van der Waals surface area contributed by atoms with Gasteiger partial charge in [0.25, 0.3) is 0 Å². The first-order valence-electron chi connectivity index (χ1n) is 6.84. The van der Waals surface area contributed by atoms with Crippen LogP contribution in [-0.2, 0) is 13.1 Å². The average molecular weight is 319 g/mol. The summed E-state index contributed by atoms with van der Waals surface area (Å²) in [6, 6.07) is 14.1. The Hall–Kier alpha value is -1.48. The zero-order chi connectivity index (χ0) is 14.8. The van der Waals surface area contributed by atoms with E-state index in [-0.39, 0.29) is 0 Å². The van der Waals surface area contributed by atoms with Crippen LogP contribution in [0, 0.1) is 0 Å². The SMILES string of the molecule is CNCc1cccc2c1ccn2Cc1cc(Cl)ccc1Cl. The van der Waals surface area contributed by atoms with Crippen LogP contribution in [0.25, 0.3) is 10.9 Å². The van der Waals surface area contributed by atoms with Gasteiger partial charge in [-0.1, -0.05) is 35.3 Å². The molecule has 0 radical (unpaired) electrons. The number of nitrogens with one attached hydrogen (secondary N) is 1. The molecule has 0 amide bonds. The molecule has 21 heavy (non-hydrogen) atoms. The van der Waals surface area contributed by atoms with Crippen molar-refractivity contribution in [1.29, 1.82) is 0 Å². The molecule has 0 aliphatic heterocycles. The molecule has 1 N–H and O–H groups in total. The van der Waals surface area contributed by atoms with Crippen LogP contribution >= 0.6 is 23.2 Å². The van der Waals surface area contributed by atoms with Gasteiger partial charge < -0.3 is 9.88 Å². The Morgan fingerprint density at radius 2 is 1.90 bits per heavy atom. The summed E-state index contributed by atoms with van der Waals surface area (Å²) >= 11 is 12.3. The maximum absolute atomic E-state index is 6.26. The van der Waals surface area contributed by atoms with Crippen molar-refractivity contribution < 1.29 is 0 Å². The third-order valence-corrected chi connectivity index (χ3v) is 4.22. The van der Waals surface area contributed by atoms with Crippen molar-refractivity contribution in [3.05, 3.63) is 69.8 Å². The van der Waals surface area contributed by atoms with Crippen LogP contribution in [0.4, 0.5) is 0 Å². The molecule has 108 valence electrons. The van der Waals surface area contributed by atoms with Crippen LogP contribution in [0.1, 0.15) is 11.1 Å². The van der Waals surface area contributed by atoms with E-state index in [1.54, 1.807) is 0 Å². The Morgan fingerprint density at radius 1 is 1.05 bits per heavy atom. The molecule has 0 bridgehead atoms. The van der Waals surface area contributed by atoms with E-state index in [1.165, 1.54) is 16.5 Å². The molecule has 2 nitrogen and oxygen atoms in total. The third kappa shape index (κ3) is 2.93. The number of halogens is 2. The number of benzene rings is 2. The lowest BCUT2D eigenvalue weighted by Gasteiger charge is -2.09. The molecular formula is C17H16Cl2N2. The van der Waals surface area contributed by atoms with Gasteiger partial charge in [0.05, 0.1) is 0 Å². The summed E-state index contributed by atoms with van der Waals surface area (Å²) in [5.74, 6) is 0. The Balaban J connectivity index is 2.01. The average Bonchev–Trinajstić information content (AvgIpc) is 2.88. The van der Waals surface area contributed by atoms with Crippen LogP contribution in [0.2, 0.25) is 10.0 Å². The van der Waals surface area contributed by atoms with Gasteiger partial charge >= 0.3 is 0 Å². The van der Waals surface area contributed by atoms with Crippen molar-refractivity contribution in [2.45, 2.75) is 13.1 Å². The number of nitrogens with zero attached hydrogens (tertiary/aromatic N) is 1. The minimum Gasteiger partial charge on any atom is -0.343 e. The zero-order valence-electron chi connectivity index (χ0n) is 11.7. The molecule has 0 saturated carbocycles. The number of fused-ring (bicyclic) bond motifs is 1. The lowest BCUT2D eigenvalue weighted by atomic mass is 10.1. The molecular weight excluding hydrogens is 303 g/mol. The van der Waals surface area contributed by atoms with E-state index in [1.807, 2.05) is 25.2 Å². The van der Waals surface area contributed by atoms with Crippen LogP contribution in [-0.4, -0.2) is 11.6 Å². The summed E-state index contributed by atoms with van der Waals surface area (Å²) in [6.45, 7) is 1.57. The van der Waals surface area contributed by atoms with E-state index in [4.69, 9.17) is 23.2 Å². The van der Waals surface area contributed by atoms with Gasteiger partial charge in [0.1, 0.15) is 0 Å². The molecule has 0 saturated heterocycles. The summed E-state index contributed by atoms with van der Waals surface area (Å²) < 4.78 is 2.20. The lowest BCUT2D eigenvalue weighted by Crippen LogP contribution is -2.05. The van der Waals surface area contributed by atoms with Crippen LogP contribution < -0.4 is 5.32 Å². The molecule has 3 aromatic rings. The smallest absolute Gasteiger partial charge is 0.0491 e. The fraction of sp³-hybridized carbons (Fsp3) is 0.176. The first-order valence-corrected chi connectivity index (χ1v) is 7.60. The van der Waals surface area contributed by atoms with Crippen molar-refractivity contribution in [3.63, 3.8) is 0 Å². The standard InChI is InChI=1S/C17H16Cl2N2/c1-20-10-12-3-2-4-17-15(12)7-8-21(17)11-13-9-14(18)5-6-16(13)19/h2-9,20H,10-11H2,1H3. The number of hydrogen-bond donors (Lipinski definition) is 1. The van der Waals surface area contributed by atoms with Gasteiger partial charge in [-0.2, -0.15) is 0 Å². The van der Waals surface area contributed by atoms with Gasteiger partial charge in [0.2, 0.25) is 0 Å². The highest BCUT2D eigenvalue weighted by molar-refractivity contribution is 6.33. The molecule has 1 heterocycles. The van der Waals surface area contributed by atoms with Crippen molar-refractivity contribution >= 4 is 34.1 Å². The first kappa shape index (κ1) is 14.5. The lowest BCUT2D eigenvalue weighted by molar-refractivity contribution is 0.821. The van der Waals surface area contributed by atoms with E-state index in [9.17, 15) is 0 Å². The topological polar surface area (TPSA) is 17.0 Å². The van der Waals surface area contributed by atoms with E-state index in [2.05, 4.69) is 40.3 Å². The summed E-state index contributed by atoms with van der Waals surface area (Å²) in [6.07, 6.45) is 2.10. The largest absolute Gasteiger partial charge is 0.343 e. The number of aromatic nitrogens is 1. The van der Waals surface area contributed by atoms with Gasteiger partial charge in [0.15, 0.2) is 0 Å². The van der Waals surface area contributed by atoms with Gasteiger partial charge in [-0.15, -0.1) is 0 Å². The van der Waals surface area contributed by atoms with E-state index < -0.39 is 0 Å². The van der Waals surface area contributed by atoms with E-state index in [0.717, 1.165) is 17.1 Å². The van der Waals surface area contributed by atoms with Gasteiger partial charge in [-0.05, 0) is 48.5 Å². The molecule has 0 aliphatic rings. The highest BCUT2D eigenvalue weighted by atomic mass is 35.5. The van der Waals surface area contributed by atoms with Gasteiger partial charge in [0, 0.05) is 40.2 Å². The number of rotatable bonds is 4. The Labute approximate surface area is 134 Å². The second-order valence-electron chi connectivity index (χ2n) is 5.06. The fourth-order valence-electron chi connectivity index (χ4n) is 2.62. The molecule has 0 atom stereocenters. The minimum atomic E-state index is 0.710. The van der Waals surface area contributed by atoms with E-state index >= 15 is 0 Å². The predicted molar refractivity (Wildman–Crippen MR) is 90.3 cm³/mol. The number of hydrogen-bond acceptors (Lipinski definition) is 1. The molecule has 4 heteroatoms. The first-order chi connectivity index (χ1) is 10.2. The van der Waals surface area contributed by atoms with Crippen molar-refractivity contribution in [2.75, 3.05) is 7.05 Å². The summed E-state index contributed by atoms with van der Waals surface area (Å²) in [7, 11) is 1.96. The van der Waals surface area contributed by atoms with Crippen LogP contribution in [0.15, 0.2) is 48.7 Å². The Kier molecular flexibility index (Phi) is 4.20. The summed E-state index contributed by atoms with van der Waals surface area (Å²) in [5, 5.41) is 5.93. The third-order valence-electron chi connectivity index (χ3n) is 3.62. The Morgan fingerprint density at radius 3 is 2.71 bits per heavy atom. The second-order valence-corrected chi connectivity index (χ2v) is 5.90. The quantitative estimate of drug-likeness (QED) is 0.736. The van der Waals surface area contributed by atoms with Crippen LogP contribution in [0.3, 0.4) is 0 Å². The molecule has 0 aliphatic carbocycles. The van der Waals surface area contributed by atoms with Crippen LogP contribution in [0.5, 0.6) is 0 Å². The van der Waals surface area contributed by atoms with Gasteiger partial charge in [-0.25, -0.2) is 0 Å². The molecule has 1 aromatic heterocycles. The second kappa shape index (κ2) is 6.10. The molecule has 2 aromatic carbocycles. The maximum Gasteiger partial charge on any atom is 0.0491 e. The molecule has 3 rings (SSSR count). The molecule has 0 fully saturated rings. The normalized spacial score (nSPS) is 11.2. The zero-order valence-corrected chi connectivity index (χ0v) is 13.2. The van der Waals surface area contributed by atoms with Crippen molar-refractivity contribution in [1.82, 2.24) is 9.88 Å². The highest BCUT2D eigenvalue weighted by Gasteiger charge is 2.08. The predicted octanol–water partition coefficient (Wildman–Crippen LogP) is 4.72. The summed E-state index contributed by atoms with van der Waals surface area (Å²) in [5.41, 5.74) is 3.53. The monoisotopic (exact) mass is 318 g/mol. The Bertz CT molecular complexity index is 778. The molecule has 0 spiro atoms.